The predicted octanol–water partition coefficient (Wildman–Crippen LogP) is 3.12. The summed E-state index contributed by atoms with van der Waals surface area (Å²) in [6, 6.07) is 11.4. The summed E-state index contributed by atoms with van der Waals surface area (Å²) in [6.45, 7) is 7.61. The summed E-state index contributed by atoms with van der Waals surface area (Å²) in [6.07, 6.45) is 2.42. The van der Waals surface area contributed by atoms with E-state index in [1.165, 1.54) is 23.9 Å². The van der Waals surface area contributed by atoms with E-state index in [4.69, 9.17) is 4.98 Å². The van der Waals surface area contributed by atoms with E-state index >= 15 is 0 Å². The Hall–Kier alpha value is -1.61. The summed E-state index contributed by atoms with van der Waals surface area (Å²) in [4.78, 5) is 7.22. The van der Waals surface area contributed by atoms with Crippen LogP contribution in [0.1, 0.15) is 25.5 Å². The van der Waals surface area contributed by atoms with Crippen molar-refractivity contribution in [1.29, 1.82) is 0 Å². The topological polar surface area (TPSA) is 28.2 Å². The Morgan fingerprint density at radius 2 is 2.20 bits per heavy atom. The van der Waals surface area contributed by atoms with E-state index in [0.717, 1.165) is 30.8 Å². The van der Waals surface area contributed by atoms with Crippen LogP contribution in [-0.2, 0) is 0 Å². The third kappa shape index (κ3) is 2.63. The number of pyridine rings is 1. The number of fused-ring (bicyclic) bond motifs is 1. The fourth-order valence-corrected chi connectivity index (χ4v) is 2.98. The van der Waals surface area contributed by atoms with Gasteiger partial charge < -0.3 is 10.2 Å². The van der Waals surface area contributed by atoms with Crippen molar-refractivity contribution in [2.75, 3.05) is 24.5 Å². The zero-order valence-corrected chi connectivity index (χ0v) is 12.4. The van der Waals surface area contributed by atoms with Crippen molar-refractivity contribution in [3.63, 3.8) is 0 Å². The maximum Gasteiger partial charge on any atom is 0.0938 e. The molecular formula is C17H23N3. The van der Waals surface area contributed by atoms with Crippen LogP contribution in [0.4, 0.5) is 5.69 Å². The van der Waals surface area contributed by atoms with Crippen LogP contribution in [0.5, 0.6) is 0 Å². The van der Waals surface area contributed by atoms with Gasteiger partial charge in [0.1, 0.15) is 0 Å². The second-order valence-electron chi connectivity index (χ2n) is 5.69. The highest BCUT2D eigenvalue weighted by atomic mass is 15.2. The molecule has 0 saturated carbocycles. The van der Waals surface area contributed by atoms with Crippen LogP contribution in [0.2, 0.25) is 0 Å². The molecule has 3 heteroatoms. The normalized spacial score (nSPS) is 18.9. The molecule has 20 heavy (non-hydrogen) atoms. The van der Waals surface area contributed by atoms with E-state index in [2.05, 4.69) is 54.4 Å². The first kappa shape index (κ1) is 13.4. The van der Waals surface area contributed by atoms with Gasteiger partial charge in [-0.15, -0.1) is 0 Å². The summed E-state index contributed by atoms with van der Waals surface area (Å²) in [7, 11) is 0. The molecule has 1 N–H and O–H groups in total. The van der Waals surface area contributed by atoms with E-state index in [1.54, 1.807) is 0 Å². The van der Waals surface area contributed by atoms with Crippen LogP contribution < -0.4 is 10.2 Å². The molecule has 1 aromatic heterocycles. The minimum atomic E-state index is 0.620. The molecule has 1 aliphatic rings. The van der Waals surface area contributed by atoms with Crippen molar-refractivity contribution < 1.29 is 0 Å². The molecule has 2 aromatic rings. The summed E-state index contributed by atoms with van der Waals surface area (Å²) < 4.78 is 0. The third-order valence-corrected chi connectivity index (χ3v) is 4.05. The average Bonchev–Trinajstić information content (AvgIpc) is 2.93. The van der Waals surface area contributed by atoms with Crippen LogP contribution in [0.3, 0.4) is 0 Å². The molecule has 1 aliphatic heterocycles. The number of aromatic nitrogens is 1. The van der Waals surface area contributed by atoms with E-state index in [9.17, 15) is 0 Å². The second-order valence-corrected chi connectivity index (χ2v) is 5.69. The molecule has 1 aromatic carbocycles. The Labute approximate surface area is 121 Å². The number of hydrogen-bond donors (Lipinski definition) is 1. The quantitative estimate of drug-likeness (QED) is 0.924. The Bertz CT molecular complexity index is 594. The molecule has 1 fully saturated rings. The lowest BCUT2D eigenvalue weighted by molar-refractivity contribution is 0.549. The number of hydrogen-bond acceptors (Lipinski definition) is 3. The molecule has 1 atom stereocenters. The minimum Gasteiger partial charge on any atom is -0.368 e. The number of nitrogens with zero attached hydrogens (tertiary/aromatic N) is 2. The molecule has 3 nitrogen and oxygen atoms in total. The van der Waals surface area contributed by atoms with Crippen molar-refractivity contribution in [3.8, 4) is 0 Å². The van der Waals surface area contributed by atoms with Gasteiger partial charge in [-0.2, -0.15) is 0 Å². The van der Waals surface area contributed by atoms with E-state index in [-0.39, 0.29) is 0 Å². The lowest BCUT2D eigenvalue weighted by atomic mass is 10.1. The molecule has 3 rings (SSSR count). The zero-order chi connectivity index (χ0) is 13.9. The SMILES string of the molecule is CCCNC1CCN(c2cccc3ccc(C)nc23)C1. The van der Waals surface area contributed by atoms with Gasteiger partial charge in [-0.25, -0.2) is 0 Å². The highest BCUT2D eigenvalue weighted by Gasteiger charge is 2.23. The van der Waals surface area contributed by atoms with E-state index < -0.39 is 0 Å². The number of anilines is 1. The highest BCUT2D eigenvalue weighted by molar-refractivity contribution is 5.91. The smallest absolute Gasteiger partial charge is 0.0938 e. The number of benzene rings is 1. The lowest BCUT2D eigenvalue weighted by Crippen LogP contribution is -2.33. The second kappa shape index (κ2) is 5.80. The maximum atomic E-state index is 4.75. The molecule has 0 bridgehead atoms. The Morgan fingerprint density at radius 1 is 1.30 bits per heavy atom. The standard InChI is InChI=1S/C17H23N3/c1-3-10-18-15-9-11-20(12-15)16-6-4-5-14-8-7-13(2)19-17(14)16/h4-8,15,18H,3,9-12H2,1-2H3. The monoisotopic (exact) mass is 269 g/mol. The van der Waals surface area contributed by atoms with E-state index in [1.807, 2.05) is 0 Å². The largest absolute Gasteiger partial charge is 0.368 e. The molecule has 106 valence electrons. The fourth-order valence-electron chi connectivity index (χ4n) is 2.98. The number of aryl methyl sites for hydroxylation is 1. The van der Waals surface area contributed by atoms with Crippen molar-refractivity contribution >= 4 is 16.6 Å². The van der Waals surface area contributed by atoms with Crippen LogP contribution in [0.25, 0.3) is 10.9 Å². The van der Waals surface area contributed by atoms with Crippen molar-refractivity contribution in [1.82, 2.24) is 10.3 Å². The minimum absolute atomic E-state index is 0.620. The summed E-state index contributed by atoms with van der Waals surface area (Å²) in [5.74, 6) is 0. The van der Waals surface area contributed by atoms with Gasteiger partial charge in [0.05, 0.1) is 11.2 Å². The molecule has 2 heterocycles. The fraction of sp³-hybridized carbons (Fsp3) is 0.471. The van der Waals surface area contributed by atoms with Gasteiger partial charge in [0, 0.05) is 30.2 Å². The zero-order valence-electron chi connectivity index (χ0n) is 12.4. The van der Waals surface area contributed by atoms with Crippen LogP contribution in [0.15, 0.2) is 30.3 Å². The molecule has 0 spiro atoms. The molecule has 1 saturated heterocycles. The molecule has 0 aliphatic carbocycles. The summed E-state index contributed by atoms with van der Waals surface area (Å²) in [5.41, 5.74) is 3.51. The highest BCUT2D eigenvalue weighted by Crippen LogP contribution is 2.28. The van der Waals surface area contributed by atoms with Gasteiger partial charge in [-0.1, -0.05) is 25.1 Å². The molecule has 0 amide bonds. The van der Waals surface area contributed by atoms with Gasteiger partial charge in [-0.05, 0) is 38.4 Å². The Balaban J connectivity index is 1.86. The van der Waals surface area contributed by atoms with Gasteiger partial charge in [0.25, 0.3) is 0 Å². The number of rotatable bonds is 4. The summed E-state index contributed by atoms with van der Waals surface area (Å²) >= 11 is 0. The molecular weight excluding hydrogens is 246 g/mol. The Kier molecular flexibility index (Phi) is 3.88. The first-order valence-corrected chi connectivity index (χ1v) is 7.62. The maximum absolute atomic E-state index is 4.75. The average molecular weight is 269 g/mol. The predicted molar refractivity (Wildman–Crippen MR) is 85.4 cm³/mol. The van der Waals surface area contributed by atoms with Crippen LogP contribution in [-0.4, -0.2) is 30.7 Å². The number of para-hydroxylation sites is 1. The van der Waals surface area contributed by atoms with Crippen LogP contribution in [0, 0.1) is 6.92 Å². The van der Waals surface area contributed by atoms with Gasteiger partial charge in [0.2, 0.25) is 0 Å². The van der Waals surface area contributed by atoms with Crippen molar-refractivity contribution in [2.24, 2.45) is 0 Å². The van der Waals surface area contributed by atoms with E-state index in [0.29, 0.717) is 6.04 Å². The first-order valence-electron chi connectivity index (χ1n) is 7.62. The number of nitrogens with one attached hydrogen (secondary N) is 1. The lowest BCUT2D eigenvalue weighted by Gasteiger charge is -2.20. The molecule has 0 radical (unpaired) electrons. The Morgan fingerprint density at radius 3 is 3.05 bits per heavy atom. The van der Waals surface area contributed by atoms with Gasteiger partial charge in [-0.3, -0.25) is 4.98 Å². The first-order chi connectivity index (χ1) is 9.78. The van der Waals surface area contributed by atoms with Gasteiger partial charge >= 0.3 is 0 Å². The van der Waals surface area contributed by atoms with Crippen molar-refractivity contribution in [2.45, 2.75) is 32.7 Å². The van der Waals surface area contributed by atoms with Gasteiger partial charge in [0.15, 0.2) is 0 Å². The molecule has 1 unspecified atom stereocenters. The van der Waals surface area contributed by atoms with Crippen LogP contribution >= 0.6 is 0 Å². The van der Waals surface area contributed by atoms with Crippen molar-refractivity contribution in [3.05, 3.63) is 36.0 Å². The third-order valence-electron chi connectivity index (χ3n) is 4.05. The summed E-state index contributed by atoms with van der Waals surface area (Å²) in [5, 5.41) is 4.86.